The summed E-state index contributed by atoms with van der Waals surface area (Å²) in [6, 6.07) is 7.41. The zero-order valence-corrected chi connectivity index (χ0v) is 18.1. The number of esters is 1. The van der Waals surface area contributed by atoms with Crippen molar-refractivity contribution in [3.8, 4) is 0 Å². The van der Waals surface area contributed by atoms with Gasteiger partial charge in [-0.25, -0.2) is 9.78 Å². The number of aryl methyl sites for hydroxylation is 2. The molecule has 1 aliphatic rings. The van der Waals surface area contributed by atoms with Crippen LogP contribution in [0.5, 0.6) is 0 Å². The molecule has 0 bridgehead atoms. The molecule has 0 unspecified atom stereocenters. The molecule has 8 heteroatoms. The zero-order valence-electron chi connectivity index (χ0n) is 17.4. The number of benzene rings is 1. The van der Waals surface area contributed by atoms with Gasteiger partial charge in [0.25, 0.3) is 0 Å². The van der Waals surface area contributed by atoms with Crippen molar-refractivity contribution in [2.75, 3.05) is 24.6 Å². The number of hydrogen-bond donors (Lipinski definition) is 1. The van der Waals surface area contributed by atoms with Crippen LogP contribution in [0.3, 0.4) is 0 Å². The molecular formula is C22H25ClN4O3. The zero-order chi connectivity index (χ0) is 21.5. The molecule has 0 spiro atoms. The highest BCUT2D eigenvalue weighted by Gasteiger charge is 2.37. The van der Waals surface area contributed by atoms with E-state index in [0.29, 0.717) is 42.2 Å². The van der Waals surface area contributed by atoms with Gasteiger partial charge in [-0.05, 0) is 32.8 Å². The van der Waals surface area contributed by atoms with Gasteiger partial charge in [-0.15, -0.1) is 0 Å². The predicted molar refractivity (Wildman–Crippen MR) is 116 cm³/mol. The fraction of sp³-hybridized carbons (Fsp3) is 0.409. The maximum atomic E-state index is 12.7. The summed E-state index contributed by atoms with van der Waals surface area (Å²) in [5.41, 5.74) is 2.44. The molecule has 1 aromatic carbocycles. The lowest BCUT2D eigenvalue weighted by molar-refractivity contribution is 0.0119. The minimum Gasteiger partial charge on any atom is -0.462 e. The van der Waals surface area contributed by atoms with Crippen LogP contribution < -0.4 is 4.90 Å². The van der Waals surface area contributed by atoms with E-state index >= 15 is 0 Å². The van der Waals surface area contributed by atoms with E-state index in [1.807, 2.05) is 32.2 Å². The van der Waals surface area contributed by atoms with Crippen molar-refractivity contribution in [1.82, 2.24) is 14.8 Å². The molecule has 3 heterocycles. The van der Waals surface area contributed by atoms with Crippen LogP contribution in [-0.2, 0) is 17.4 Å². The van der Waals surface area contributed by atoms with E-state index in [9.17, 15) is 9.90 Å². The number of halogens is 1. The number of nitrogens with zero attached hydrogens (tertiary/aromatic N) is 4. The van der Waals surface area contributed by atoms with E-state index in [4.69, 9.17) is 16.3 Å². The fourth-order valence-corrected chi connectivity index (χ4v) is 4.60. The Bertz CT molecular complexity index is 1100. The monoisotopic (exact) mass is 428 g/mol. The molecular weight excluding hydrogens is 404 g/mol. The van der Waals surface area contributed by atoms with E-state index in [-0.39, 0.29) is 6.61 Å². The summed E-state index contributed by atoms with van der Waals surface area (Å²) in [5.74, 6) is -0.405. The van der Waals surface area contributed by atoms with Gasteiger partial charge in [-0.2, -0.15) is 5.10 Å². The molecule has 0 radical (unpaired) electrons. The highest BCUT2D eigenvalue weighted by molar-refractivity contribution is 6.31. The fourth-order valence-electron chi connectivity index (χ4n) is 4.29. The number of rotatable bonds is 4. The largest absolute Gasteiger partial charge is 0.462 e. The summed E-state index contributed by atoms with van der Waals surface area (Å²) >= 11 is 6.35. The van der Waals surface area contributed by atoms with Crippen molar-refractivity contribution >= 4 is 34.3 Å². The smallest absolute Gasteiger partial charge is 0.341 e. The quantitative estimate of drug-likeness (QED) is 0.639. The number of carbonyl (C=O) groups is 1. The summed E-state index contributed by atoms with van der Waals surface area (Å²) < 4.78 is 7.00. The molecule has 3 aromatic rings. The van der Waals surface area contributed by atoms with Gasteiger partial charge < -0.3 is 14.7 Å². The second-order valence-electron chi connectivity index (χ2n) is 7.65. The molecule has 4 rings (SSSR count). The normalized spacial score (nSPS) is 16.1. The van der Waals surface area contributed by atoms with E-state index in [2.05, 4.69) is 15.0 Å². The van der Waals surface area contributed by atoms with Crippen LogP contribution in [0.1, 0.15) is 41.4 Å². The van der Waals surface area contributed by atoms with E-state index < -0.39 is 11.6 Å². The molecule has 2 aromatic heterocycles. The first-order valence-corrected chi connectivity index (χ1v) is 10.5. The first-order chi connectivity index (χ1) is 14.4. The van der Waals surface area contributed by atoms with E-state index in [0.717, 1.165) is 22.3 Å². The number of hydrogen-bond acceptors (Lipinski definition) is 6. The third-order valence-corrected chi connectivity index (χ3v) is 6.11. The van der Waals surface area contributed by atoms with Gasteiger partial charge in [0.2, 0.25) is 0 Å². The van der Waals surface area contributed by atoms with Crippen LogP contribution in [0.2, 0.25) is 5.02 Å². The average molecular weight is 429 g/mol. The average Bonchev–Trinajstić information content (AvgIpc) is 3.02. The lowest BCUT2D eigenvalue weighted by atomic mass is 9.84. The van der Waals surface area contributed by atoms with Crippen molar-refractivity contribution in [1.29, 1.82) is 0 Å². The molecule has 1 fully saturated rings. The minimum absolute atomic E-state index is 0.286. The number of piperidine rings is 1. The topological polar surface area (TPSA) is 80.5 Å². The highest BCUT2D eigenvalue weighted by atomic mass is 35.5. The Morgan fingerprint density at radius 3 is 2.67 bits per heavy atom. The van der Waals surface area contributed by atoms with Crippen LogP contribution in [0.15, 0.2) is 30.5 Å². The van der Waals surface area contributed by atoms with Gasteiger partial charge in [-0.3, -0.25) is 4.68 Å². The number of anilines is 1. The number of carbonyl (C=O) groups excluding carboxylic acids is 1. The first-order valence-electron chi connectivity index (χ1n) is 10.1. The van der Waals surface area contributed by atoms with Gasteiger partial charge >= 0.3 is 5.97 Å². The molecule has 0 aliphatic carbocycles. The lowest BCUT2D eigenvalue weighted by Gasteiger charge is -2.40. The van der Waals surface area contributed by atoms with Crippen LogP contribution in [-0.4, -0.2) is 45.5 Å². The number of ether oxygens (including phenoxy) is 1. The summed E-state index contributed by atoms with van der Waals surface area (Å²) in [4.78, 5) is 19.3. The molecule has 30 heavy (non-hydrogen) atoms. The predicted octanol–water partition coefficient (Wildman–Crippen LogP) is 3.59. The summed E-state index contributed by atoms with van der Waals surface area (Å²) in [6.45, 7) is 5.09. The molecule has 1 saturated heterocycles. The maximum absolute atomic E-state index is 12.7. The number of aromatic nitrogens is 3. The molecule has 158 valence electrons. The van der Waals surface area contributed by atoms with E-state index in [1.54, 1.807) is 23.9 Å². The Balaban J connectivity index is 1.74. The van der Waals surface area contributed by atoms with Gasteiger partial charge in [0.05, 0.1) is 29.0 Å². The van der Waals surface area contributed by atoms with Gasteiger partial charge in [0.1, 0.15) is 5.56 Å². The second-order valence-corrected chi connectivity index (χ2v) is 8.05. The van der Waals surface area contributed by atoms with Gasteiger partial charge in [-0.1, -0.05) is 29.8 Å². The third kappa shape index (κ3) is 3.42. The van der Waals surface area contributed by atoms with Crippen LogP contribution in [0, 0.1) is 6.92 Å². The standard InChI is InChI=1S/C22H25ClN4O3/c1-4-30-21(28)15-13-24-20-18(14(2)25-26(20)3)19(15)27-11-9-22(29,10-12-27)16-7-5-6-8-17(16)23/h5-8,13,29H,4,9-12H2,1-3H3. The SMILES string of the molecule is CCOC(=O)c1cnc2c(c(C)nn2C)c1N1CCC(O)(c2ccccc2Cl)CC1. The third-order valence-electron chi connectivity index (χ3n) is 5.78. The number of fused-ring (bicyclic) bond motifs is 1. The molecule has 0 amide bonds. The van der Waals surface area contributed by atoms with Crippen molar-refractivity contribution in [2.45, 2.75) is 32.3 Å². The van der Waals surface area contributed by atoms with Crippen molar-refractivity contribution in [2.24, 2.45) is 7.05 Å². The molecule has 0 saturated carbocycles. The summed E-state index contributed by atoms with van der Waals surface area (Å²) in [6.07, 6.45) is 2.54. The van der Waals surface area contributed by atoms with Crippen molar-refractivity contribution in [3.63, 3.8) is 0 Å². The Labute approximate surface area is 180 Å². The Kier molecular flexibility index (Phi) is 5.42. The Morgan fingerprint density at radius 2 is 2.00 bits per heavy atom. The second kappa shape index (κ2) is 7.89. The van der Waals surface area contributed by atoms with Crippen LogP contribution >= 0.6 is 11.6 Å². The lowest BCUT2D eigenvalue weighted by Crippen LogP contribution is -2.43. The van der Waals surface area contributed by atoms with Crippen LogP contribution in [0.4, 0.5) is 5.69 Å². The Morgan fingerprint density at radius 1 is 1.30 bits per heavy atom. The minimum atomic E-state index is -1.00. The number of pyridine rings is 1. The summed E-state index contributed by atoms with van der Waals surface area (Å²) in [7, 11) is 1.84. The van der Waals surface area contributed by atoms with Gasteiger partial charge in [0, 0.05) is 36.9 Å². The highest BCUT2D eigenvalue weighted by Crippen LogP contribution is 2.40. The first kappa shape index (κ1) is 20.6. The van der Waals surface area contributed by atoms with Crippen LogP contribution in [0.25, 0.3) is 11.0 Å². The maximum Gasteiger partial charge on any atom is 0.341 e. The van der Waals surface area contributed by atoms with Crippen molar-refractivity contribution < 1.29 is 14.6 Å². The van der Waals surface area contributed by atoms with Crippen molar-refractivity contribution in [3.05, 3.63) is 52.3 Å². The Hall–Kier alpha value is -2.64. The molecule has 1 aliphatic heterocycles. The molecule has 0 atom stereocenters. The van der Waals surface area contributed by atoms with E-state index in [1.165, 1.54) is 0 Å². The molecule has 7 nitrogen and oxygen atoms in total. The molecule has 1 N–H and O–H groups in total. The summed E-state index contributed by atoms with van der Waals surface area (Å²) in [5, 5.41) is 17.2. The number of aliphatic hydroxyl groups is 1. The van der Waals surface area contributed by atoms with Gasteiger partial charge in [0.15, 0.2) is 5.65 Å².